The molecular formula is C23H33ClN2O2. The highest BCUT2D eigenvalue weighted by Gasteiger charge is 2.22. The Morgan fingerprint density at radius 3 is 2.46 bits per heavy atom. The quantitative estimate of drug-likeness (QED) is 0.607. The van der Waals surface area contributed by atoms with E-state index < -0.39 is 5.97 Å². The molecule has 154 valence electrons. The van der Waals surface area contributed by atoms with Crippen molar-refractivity contribution >= 4 is 17.6 Å². The molecule has 28 heavy (non-hydrogen) atoms. The summed E-state index contributed by atoms with van der Waals surface area (Å²) in [5.41, 5.74) is 8.14. The number of carboxylic acids is 1. The van der Waals surface area contributed by atoms with E-state index >= 15 is 0 Å². The Morgan fingerprint density at radius 1 is 1.25 bits per heavy atom. The number of hydrogen-bond donors (Lipinski definition) is 2. The number of nitrogens with two attached hydrogens (primary N) is 1. The number of unbranched alkanes of at least 4 members (excludes halogenated alkanes) is 1. The van der Waals surface area contributed by atoms with E-state index in [2.05, 4.69) is 11.5 Å². The van der Waals surface area contributed by atoms with E-state index in [1.165, 1.54) is 44.9 Å². The van der Waals surface area contributed by atoms with Gasteiger partial charge in [-0.1, -0.05) is 62.4 Å². The molecule has 0 bridgehead atoms. The number of halogens is 1. The van der Waals surface area contributed by atoms with Crippen LogP contribution in [0.2, 0.25) is 5.02 Å². The topological polar surface area (TPSA) is 68.2 Å². The van der Waals surface area contributed by atoms with Crippen LogP contribution >= 0.6 is 11.6 Å². The second kappa shape index (κ2) is 11.3. The van der Waals surface area contributed by atoms with Gasteiger partial charge in [-0.3, -0.25) is 0 Å². The van der Waals surface area contributed by atoms with Crippen molar-refractivity contribution in [1.29, 1.82) is 0 Å². The zero-order chi connectivity index (χ0) is 20.5. The average Bonchev–Trinajstić information content (AvgIpc) is 3.01. The summed E-state index contributed by atoms with van der Waals surface area (Å²) in [5.74, 6) is -0.254. The first-order chi connectivity index (χ1) is 13.5. The van der Waals surface area contributed by atoms with Gasteiger partial charge in [0, 0.05) is 22.8 Å². The molecule has 3 rings (SSSR count). The number of rotatable bonds is 6. The van der Waals surface area contributed by atoms with Crippen LogP contribution in [0.1, 0.15) is 67.9 Å². The molecule has 3 N–H and O–H groups in total. The first-order valence-electron chi connectivity index (χ1n) is 10.4. The van der Waals surface area contributed by atoms with Crippen LogP contribution < -0.4 is 5.73 Å². The normalized spacial score (nSPS) is 14.4. The summed E-state index contributed by atoms with van der Waals surface area (Å²) in [6, 6.07) is 9.41. The van der Waals surface area contributed by atoms with E-state index in [-0.39, 0.29) is 0 Å². The number of carbonyl (C=O) groups is 1. The van der Waals surface area contributed by atoms with Gasteiger partial charge in [-0.15, -0.1) is 0 Å². The second-order valence-corrected chi connectivity index (χ2v) is 7.98. The Kier molecular flexibility index (Phi) is 9.07. The molecule has 5 heteroatoms. The summed E-state index contributed by atoms with van der Waals surface area (Å²) < 4.78 is 2.15. The van der Waals surface area contributed by atoms with Crippen LogP contribution in [0.5, 0.6) is 0 Å². The molecule has 1 heterocycles. The lowest BCUT2D eigenvalue weighted by molar-refractivity contribution is 0.0696. The van der Waals surface area contributed by atoms with Crippen molar-refractivity contribution < 1.29 is 9.90 Å². The van der Waals surface area contributed by atoms with Crippen molar-refractivity contribution in [3.8, 4) is 11.3 Å². The highest BCUT2D eigenvalue weighted by molar-refractivity contribution is 6.33. The van der Waals surface area contributed by atoms with Gasteiger partial charge in [0.2, 0.25) is 0 Å². The average molecular weight is 405 g/mol. The first kappa shape index (κ1) is 22.5. The first-order valence-corrected chi connectivity index (χ1v) is 10.8. The van der Waals surface area contributed by atoms with Crippen molar-refractivity contribution in [3.63, 3.8) is 0 Å². The van der Waals surface area contributed by atoms with Crippen molar-refractivity contribution in [1.82, 2.24) is 4.57 Å². The third kappa shape index (κ3) is 5.86. The molecule has 0 spiro atoms. The zero-order valence-corrected chi connectivity index (χ0v) is 17.8. The lowest BCUT2D eigenvalue weighted by atomic mass is 9.89. The van der Waals surface area contributed by atoms with E-state index in [1.807, 2.05) is 31.2 Å². The number of carboxylic acid groups (broad SMARTS) is 1. The van der Waals surface area contributed by atoms with Crippen LogP contribution in [-0.4, -0.2) is 22.2 Å². The molecule has 1 saturated carbocycles. The third-order valence-electron chi connectivity index (χ3n) is 5.47. The molecule has 1 aromatic carbocycles. The summed E-state index contributed by atoms with van der Waals surface area (Å²) >= 11 is 6.35. The fraction of sp³-hybridized carbons (Fsp3) is 0.522. The zero-order valence-electron chi connectivity index (χ0n) is 17.1. The molecule has 0 radical (unpaired) electrons. The third-order valence-corrected chi connectivity index (χ3v) is 5.80. The van der Waals surface area contributed by atoms with Crippen LogP contribution in [0.4, 0.5) is 0 Å². The molecule has 0 saturated heterocycles. The maximum Gasteiger partial charge on any atom is 0.337 e. The summed E-state index contributed by atoms with van der Waals surface area (Å²) in [4.78, 5) is 11.5. The highest BCUT2D eigenvalue weighted by atomic mass is 35.5. The monoisotopic (exact) mass is 404 g/mol. The van der Waals surface area contributed by atoms with Gasteiger partial charge in [0.15, 0.2) is 0 Å². The molecule has 0 unspecified atom stereocenters. The highest BCUT2D eigenvalue weighted by Crippen LogP contribution is 2.34. The van der Waals surface area contributed by atoms with Crippen LogP contribution in [0, 0.1) is 12.8 Å². The Morgan fingerprint density at radius 2 is 1.93 bits per heavy atom. The van der Waals surface area contributed by atoms with Gasteiger partial charge < -0.3 is 15.4 Å². The maximum atomic E-state index is 11.5. The molecule has 1 aliphatic carbocycles. The van der Waals surface area contributed by atoms with Gasteiger partial charge >= 0.3 is 5.97 Å². The van der Waals surface area contributed by atoms with Gasteiger partial charge in [-0.25, -0.2) is 4.79 Å². The predicted molar refractivity (Wildman–Crippen MR) is 117 cm³/mol. The van der Waals surface area contributed by atoms with Gasteiger partial charge in [-0.05, 0) is 50.8 Å². The SMILES string of the molecule is CCCCN.Cc1c(C(=O)O)cc(-c2ccccc2Cl)n1CC1CCCCC1. The van der Waals surface area contributed by atoms with E-state index in [9.17, 15) is 9.90 Å². The summed E-state index contributed by atoms with van der Waals surface area (Å²) in [7, 11) is 0. The number of hydrogen-bond acceptors (Lipinski definition) is 2. The van der Waals surface area contributed by atoms with Crippen LogP contribution in [-0.2, 0) is 6.54 Å². The molecule has 1 aromatic heterocycles. The van der Waals surface area contributed by atoms with Crippen molar-refractivity contribution in [2.75, 3.05) is 6.54 Å². The lowest BCUT2D eigenvalue weighted by Gasteiger charge is -2.24. The van der Waals surface area contributed by atoms with Crippen LogP contribution in [0.25, 0.3) is 11.3 Å². The van der Waals surface area contributed by atoms with Crippen molar-refractivity contribution in [3.05, 3.63) is 46.6 Å². The smallest absolute Gasteiger partial charge is 0.337 e. The number of aromatic nitrogens is 1. The van der Waals surface area contributed by atoms with Gasteiger partial charge in [0.1, 0.15) is 0 Å². The predicted octanol–water partition coefficient (Wildman–Crippen LogP) is 6.14. The number of nitrogens with zero attached hydrogens (tertiary/aromatic N) is 1. The number of benzene rings is 1. The number of aromatic carboxylic acids is 1. The summed E-state index contributed by atoms with van der Waals surface area (Å²) in [5, 5.41) is 10.1. The molecule has 0 amide bonds. The fourth-order valence-corrected chi connectivity index (χ4v) is 4.05. The Labute approximate surface area is 173 Å². The van der Waals surface area contributed by atoms with Crippen molar-refractivity contribution in [2.24, 2.45) is 11.7 Å². The van der Waals surface area contributed by atoms with E-state index in [1.54, 1.807) is 6.07 Å². The van der Waals surface area contributed by atoms with E-state index in [0.717, 1.165) is 30.0 Å². The summed E-state index contributed by atoms with van der Waals surface area (Å²) in [6.45, 7) is 5.75. The Bertz CT molecular complexity index is 762. The second-order valence-electron chi connectivity index (χ2n) is 7.57. The van der Waals surface area contributed by atoms with Gasteiger partial charge in [-0.2, -0.15) is 0 Å². The fourth-order valence-electron chi connectivity index (χ4n) is 3.82. The van der Waals surface area contributed by atoms with E-state index in [0.29, 0.717) is 16.5 Å². The molecule has 2 aromatic rings. The molecule has 0 aliphatic heterocycles. The molecule has 1 aliphatic rings. The minimum Gasteiger partial charge on any atom is -0.478 e. The Hall–Kier alpha value is -1.78. The summed E-state index contributed by atoms with van der Waals surface area (Å²) in [6.07, 6.45) is 8.70. The molecule has 4 nitrogen and oxygen atoms in total. The largest absolute Gasteiger partial charge is 0.478 e. The molecular weight excluding hydrogens is 372 g/mol. The minimum atomic E-state index is -0.877. The van der Waals surface area contributed by atoms with Gasteiger partial charge in [0.05, 0.1) is 11.3 Å². The van der Waals surface area contributed by atoms with Crippen LogP contribution in [0.15, 0.2) is 30.3 Å². The lowest BCUT2D eigenvalue weighted by Crippen LogP contribution is -2.16. The maximum absolute atomic E-state index is 11.5. The molecule has 1 fully saturated rings. The Balaban J connectivity index is 0.000000500. The standard InChI is InChI=1S/C19H22ClNO2.C4H11N/c1-13-16(19(22)23)11-18(15-9-5-6-10-17(15)20)21(13)12-14-7-3-2-4-8-14;1-2-3-4-5/h5-6,9-11,14H,2-4,7-8,12H2,1H3,(H,22,23);2-5H2,1H3. The van der Waals surface area contributed by atoms with Crippen molar-refractivity contribution in [2.45, 2.75) is 65.3 Å². The van der Waals surface area contributed by atoms with Gasteiger partial charge in [0.25, 0.3) is 0 Å². The molecule has 0 atom stereocenters. The van der Waals surface area contributed by atoms with E-state index in [4.69, 9.17) is 17.3 Å². The minimum absolute atomic E-state index is 0.371. The van der Waals surface area contributed by atoms with Crippen LogP contribution in [0.3, 0.4) is 0 Å².